The molecule has 0 radical (unpaired) electrons. The summed E-state index contributed by atoms with van der Waals surface area (Å²) in [6.45, 7) is -1.08. The second kappa shape index (κ2) is 3.84. The lowest BCUT2D eigenvalue weighted by molar-refractivity contribution is -0.262. The van der Waals surface area contributed by atoms with E-state index in [0.717, 1.165) is 12.1 Å². The highest BCUT2D eigenvalue weighted by Gasteiger charge is 2.54. The van der Waals surface area contributed by atoms with Gasteiger partial charge in [0.05, 0.1) is 0 Å². The van der Waals surface area contributed by atoms with Gasteiger partial charge >= 0.3 is 6.18 Å². The van der Waals surface area contributed by atoms with Gasteiger partial charge in [0.2, 0.25) is 0 Å². The van der Waals surface area contributed by atoms with Gasteiger partial charge in [-0.2, -0.15) is 13.2 Å². The molecule has 4 nitrogen and oxygen atoms in total. The van der Waals surface area contributed by atoms with Crippen molar-refractivity contribution < 1.29 is 28.5 Å². The number of aliphatic hydroxyl groups is 1. The summed E-state index contributed by atoms with van der Waals surface area (Å²) < 4.78 is 37.6. The lowest BCUT2D eigenvalue weighted by Gasteiger charge is -2.29. The molecule has 16 heavy (non-hydrogen) atoms. The van der Waals surface area contributed by atoms with Crippen LogP contribution < -0.4 is 5.73 Å². The molecular weight excluding hydrogens is 227 g/mol. The average molecular weight is 237 g/mol. The van der Waals surface area contributed by atoms with Crippen LogP contribution in [0.15, 0.2) is 18.2 Å². The van der Waals surface area contributed by atoms with E-state index in [-0.39, 0.29) is 0 Å². The van der Waals surface area contributed by atoms with E-state index in [2.05, 4.69) is 0 Å². The van der Waals surface area contributed by atoms with Gasteiger partial charge in [-0.1, -0.05) is 6.07 Å². The van der Waals surface area contributed by atoms with E-state index in [1.165, 1.54) is 0 Å². The van der Waals surface area contributed by atoms with Crippen molar-refractivity contribution in [3.8, 4) is 11.5 Å². The quantitative estimate of drug-likeness (QED) is 0.573. The Hall–Kier alpha value is -1.47. The molecule has 0 aliphatic heterocycles. The van der Waals surface area contributed by atoms with E-state index < -0.39 is 35.4 Å². The average Bonchev–Trinajstić information content (AvgIpc) is 2.19. The third-order valence-corrected chi connectivity index (χ3v) is 2.22. The van der Waals surface area contributed by atoms with Crippen LogP contribution in [-0.4, -0.2) is 28.0 Å². The number of hydrogen-bond acceptors (Lipinski definition) is 4. The molecule has 0 saturated heterocycles. The van der Waals surface area contributed by atoms with E-state index >= 15 is 0 Å². The van der Waals surface area contributed by atoms with Crippen LogP contribution in [0.2, 0.25) is 0 Å². The number of phenols is 2. The molecule has 0 bridgehead atoms. The molecule has 0 amide bonds. The molecule has 0 aliphatic carbocycles. The molecule has 1 aromatic carbocycles. The molecule has 0 aromatic heterocycles. The molecule has 5 N–H and O–H groups in total. The first-order chi connectivity index (χ1) is 7.22. The van der Waals surface area contributed by atoms with Gasteiger partial charge in [0, 0.05) is 6.54 Å². The summed E-state index contributed by atoms with van der Waals surface area (Å²) in [4.78, 5) is 0. The van der Waals surface area contributed by atoms with Gasteiger partial charge in [0.25, 0.3) is 0 Å². The summed E-state index contributed by atoms with van der Waals surface area (Å²) in [5.74, 6) is -1.33. The highest BCUT2D eigenvalue weighted by molar-refractivity contribution is 5.43. The summed E-state index contributed by atoms with van der Waals surface area (Å²) in [5, 5.41) is 27.4. The van der Waals surface area contributed by atoms with E-state index in [1.54, 1.807) is 0 Å². The molecular formula is C9H10F3NO3. The van der Waals surface area contributed by atoms with Gasteiger partial charge in [-0.05, 0) is 17.7 Å². The fourth-order valence-electron chi connectivity index (χ4n) is 1.18. The minimum atomic E-state index is -4.97. The van der Waals surface area contributed by atoms with Crippen molar-refractivity contribution in [1.29, 1.82) is 0 Å². The minimum absolute atomic E-state index is 0.578. The van der Waals surface area contributed by atoms with Crippen molar-refractivity contribution >= 4 is 0 Å². The molecule has 1 atom stereocenters. The van der Waals surface area contributed by atoms with E-state index in [1.807, 2.05) is 0 Å². The van der Waals surface area contributed by atoms with Crippen LogP contribution in [0.1, 0.15) is 5.56 Å². The second-order valence-corrected chi connectivity index (χ2v) is 3.27. The smallest absolute Gasteiger partial charge is 0.422 e. The van der Waals surface area contributed by atoms with Gasteiger partial charge in [-0.3, -0.25) is 0 Å². The van der Waals surface area contributed by atoms with Crippen LogP contribution in [0, 0.1) is 0 Å². The van der Waals surface area contributed by atoms with Crippen LogP contribution in [0.3, 0.4) is 0 Å². The number of halogens is 3. The minimum Gasteiger partial charge on any atom is -0.504 e. The third kappa shape index (κ3) is 1.91. The summed E-state index contributed by atoms with van der Waals surface area (Å²) in [6, 6.07) is 2.31. The van der Waals surface area contributed by atoms with Gasteiger partial charge < -0.3 is 21.1 Å². The van der Waals surface area contributed by atoms with Gasteiger partial charge in [-0.25, -0.2) is 0 Å². The fourth-order valence-corrected chi connectivity index (χ4v) is 1.18. The molecule has 90 valence electrons. The predicted molar refractivity (Wildman–Crippen MR) is 48.8 cm³/mol. The van der Waals surface area contributed by atoms with Crippen molar-refractivity contribution in [3.05, 3.63) is 23.8 Å². The topological polar surface area (TPSA) is 86.7 Å². The summed E-state index contributed by atoms with van der Waals surface area (Å²) in [7, 11) is 0. The van der Waals surface area contributed by atoms with Crippen molar-refractivity contribution in [3.63, 3.8) is 0 Å². The van der Waals surface area contributed by atoms with Gasteiger partial charge in [0.15, 0.2) is 17.1 Å². The normalized spacial score (nSPS) is 15.8. The summed E-state index contributed by atoms with van der Waals surface area (Å²) in [5.41, 5.74) is 1.03. The molecule has 0 fully saturated rings. The van der Waals surface area contributed by atoms with Crippen molar-refractivity contribution in [2.45, 2.75) is 11.8 Å². The number of aromatic hydroxyl groups is 2. The maximum absolute atomic E-state index is 12.5. The second-order valence-electron chi connectivity index (χ2n) is 3.27. The molecule has 0 saturated carbocycles. The Balaban J connectivity index is 3.29. The van der Waals surface area contributed by atoms with Crippen LogP contribution in [0.25, 0.3) is 0 Å². The molecule has 0 aliphatic rings. The van der Waals surface area contributed by atoms with E-state index in [9.17, 15) is 18.3 Å². The molecule has 1 rings (SSSR count). The highest BCUT2D eigenvalue weighted by atomic mass is 19.4. The zero-order chi connectivity index (χ0) is 12.6. The Morgan fingerprint density at radius 2 is 1.69 bits per heavy atom. The molecule has 7 heteroatoms. The molecule has 0 heterocycles. The van der Waals surface area contributed by atoms with Crippen molar-refractivity contribution in [1.82, 2.24) is 0 Å². The number of alkyl halides is 3. The number of phenolic OH excluding ortho intramolecular Hbond substituents is 2. The van der Waals surface area contributed by atoms with Crippen LogP contribution in [0.4, 0.5) is 13.2 Å². The maximum atomic E-state index is 12.5. The first-order valence-electron chi connectivity index (χ1n) is 4.24. The Kier molecular flexibility index (Phi) is 3.02. The van der Waals surface area contributed by atoms with Crippen LogP contribution in [0.5, 0.6) is 11.5 Å². The number of hydrogen-bond donors (Lipinski definition) is 4. The Morgan fingerprint density at radius 3 is 2.06 bits per heavy atom. The summed E-state index contributed by atoms with van der Waals surface area (Å²) in [6.07, 6.45) is -4.97. The molecule has 0 spiro atoms. The Labute approximate surface area is 88.7 Å². The zero-order valence-electron chi connectivity index (χ0n) is 7.99. The lowest BCUT2D eigenvalue weighted by Crippen LogP contribution is -2.48. The zero-order valence-corrected chi connectivity index (χ0v) is 7.99. The van der Waals surface area contributed by atoms with Crippen molar-refractivity contribution in [2.24, 2.45) is 5.73 Å². The van der Waals surface area contributed by atoms with Crippen LogP contribution >= 0.6 is 0 Å². The maximum Gasteiger partial charge on any atom is 0.422 e. The Morgan fingerprint density at radius 1 is 1.12 bits per heavy atom. The Bertz CT molecular complexity index is 394. The third-order valence-electron chi connectivity index (χ3n) is 2.22. The first-order valence-corrected chi connectivity index (χ1v) is 4.24. The SMILES string of the molecule is NCC(O)(c1ccc(O)c(O)c1)C(F)(F)F. The highest BCUT2D eigenvalue weighted by Crippen LogP contribution is 2.40. The number of nitrogens with two attached hydrogens (primary N) is 1. The molecule has 1 aromatic rings. The predicted octanol–water partition coefficient (Wildman–Crippen LogP) is 0.806. The standard InChI is InChI=1S/C9H10F3NO3/c10-9(11,12)8(16,4-13)5-1-2-6(14)7(15)3-5/h1-3,14-16H,4,13H2. The van der Waals surface area contributed by atoms with Crippen LogP contribution in [-0.2, 0) is 5.60 Å². The van der Waals surface area contributed by atoms with E-state index in [0.29, 0.717) is 6.07 Å². The number of benzene rings is 1. The first kappa shape index (κ1) is 12.6. The van der Waals surface area contributed by atoms with Gasteiger partial charge in [0.1, 0.15) is 0 Å². The largest absolute Gasteiger partial charge is 0.504 e. The fraction of sp³-hybridized carbons (Fsp3) is 0.333. The lowest BCUT2D eigenvalue weighted by atomic mass is 9.93. The molecule has 1 unspecified atom stereocenters. The van der Waals surface area contributed by atoms with Gasteiger partial charge in [-0.15, -0.1) is 0 Å². The van der Waals surface area contributed by atoms with E-state index in [4.69, 9.17) is 15.9 Å². The van der Waals surface area contributed by atoms with Crippen molar-refractivity contribution in [2.75, 3.05) is 6.54 Å². The summed E-state index contributed by atoms with van der Waals surface area (Å²) >= 11 is 0. The number of rotatable bonds is 2. The monoisotopic (exact) mass is 237 g/mol.